The lowest BCUT2D eigenvalue weighted by Gasteiger charge is -2.30. The fraction of sp³-hybridized carbons (Fsp3) is 0.150. The third-order valence-corrected chi connectivity index (χ3v) is 5.28. The second kappa shape index (κ2) is 7.77. The molecule has 1 aliphatic heterocycles. The van der Waals surface area contributed by atoms with Gasteiger partial charge in [0.2, 0.25) is 0 Å². The van der Waals surface area contributed by atoms with Gasteiger partial charge in [0.15, 0.2) is 5.69 Å². The Morgan fingerprint density at radius 3 is 2.24 bits per heavy atom. The number of anilines is 2. The number of primary amides is 1. The molecule has 9 heteroatoms. The SMILES string of the molecule is NC(=O)c1nn(-c2c(Cl)cccc2Cl)cc1Nc1ccc(C(=O)N2CCC2)cc1. The Bertz CT molecular complexity index is 1070. The number of hydrogen-bond acceptors (Lipinski definition) is 4. The molecular weight excluding hydrogens is 413 g/mol. The zero-order valence-corrected chi connectivity index (χ0v) is 16.7. The number of nitrogens with zero attached hydrogens (tertiary/aromatic N) is 3. The van der Waals surface area contributed by atoms with E-state index >= 15 is 0 Å². The number of aromatic nitrogens is 2. The Hall–Kier alpha value is -3.03. The van der Waals surface area contributed by atoms with Crippen molar-refractivity contribution in [2.24, 2.45) is 5.73 Å². The van der Waals surface area contributed by atoms with Crippen LogP contribution in [0.1, 0.15) is 27.3 Å². The maximum Gasteiger partial charge on any atom is 0.271 e. The number of likely N-dealkylation sites (tertiary alicyclic amines) is 1. The van der Waals surface area contributed by atoms with Gasteiger partial charge in [-0.3, -0.25) is 9.59 Å². The molecule has 0 unspecified atom stereocenters. The van der Waals surface area contributed by atoms with E-state index in [0.29, 0.717) is 32.7 Å². The maximum absolute atomic E-state index is 12.3. The number of hydrogen-bond donors (Lipinski definition) is 2. The van der Waals surface area contributed by atoms with Gasteiger partial charge in [0.25, 0.3) is 11.8 Å². The Labute approximate surface area is 177 Å². The summed E-state index contributed by atoms with van der Waals surface area (Å²) >= 11 is 12.5. The molecule has 0 bridgehead atoms. The van der Waals surface area contributed by atoms with Crippen LogP contribution in [0.2, 0.25) is 10.0 Å². The number of nitrogens with two attached hydrogens (primary N) is 1. The average Bonchev–Trinajstić information content (AvgIpc) is 3.04. The van der Waals surface area contributed by atoms with Crippen LogP contribution in [0.5, 0.6) is 0 Å². The summed E-state index contributed by atoms with van der Waals surface area (Å²) in [6, 6.07) is 12.1. The molecule has 2 aromatic carbocycles. The van der Waals surface area contributed by atoms with E-state index < -0.39 is 5.91 Å². The van der Waals surface area contributed by atoms with Crippen molar-refractivity contribution >= 4 is 46.4 Å². The average molecular weight is 430 g/mol. The molecule has 2 amide bonds. The van der Waals surface area contributed by atoms with E-state index in [-0.39, 0.29) is 11.6 Å². The number of halogens is 2. The van der Waals surface area contributed by atoms with E-state index in [1.807, 2.05) is 0 Å². The molecule has 148 valence electrons. The van der Waals surface area contributed by atoms with Crippen molar-refractivity contribution in [2.45, 2.75) is 6.42 Å². The number of carbonyl (C=O) groups is 2. The highest BCUT2D eigenvalue weighted by Gasteiger charge is 2.22. The molecule has 7 nitrogen and oxygen atoms in total. The lowest BCUT2D eigenvalue weighted by molar-refractivity contribution is 0.0651. The third kappa shape index (κ3) is 3.79. The molecule has 0 radical (unpaired) electrons. The van der Waals surface area contributed by atoms with Gasteiger partial charge in [0.05, 0.1) is 21.9 Å². The van der Waals surface area contributed by atoms with E-state index in [1.165, 1.54) is 4.68 Å². The minimum Gasteiger partial charge on any atom is -0.364 e. The molecule has 29 heavy (non-hydrogen) atoms. The van der Waals surface area contributed by atoms with Gasteiger partial charge < -0.3 is 16.0 Å². The number of rotatable bonds is 5. The summed E-state index contributed by atoms with van der Waals surface area (Å²) in [6.45, 7) is 1.59. The number of benzene rings is 2. The van der Waals surface area contributed by atoms with E-state index in [2.05, 4.69) is 10.4 Å². The summed E-state index contributed by atoms with van der Waals surface area (Å²) in [5.74, 6) is -0.680. The smallest absolute Gasteiger partial charge is 0.271 e. The van der Waals surface area contributed by atoms with Crippen molar-refractivity contribution in [1.82, 2.24) is 14.7 Å². The van der Waals surface area contributed by atoms with Crippen LogP contribution in [0.3, 0.4) is 0 Å². The molecule has 3 aromatic rings. The summed E-state index contributed by atoms with van der Waals surface area (Å²) < 4.78 is 1.41. The molecule has 1 aliphatic rings. The van der Waals surface area contributed by atoms with Crippen LogP contribution in [0.15, 0.2) is 48.7 Å². The second-order valence-electron chi connectivity index (χ2n) is 6.62. The van der Waals surface area contributed by atoms with Gasteiger partial charge in [-0.2, -0.15) is 5.10 Å². The molecule has 1 saturated heterocycles. The highest BCUT2D eigenvalue weighted by molar-refractivity contribution is 6.37. The summed E-state index contributed by atoms with van der Waals surface area (Å²) in [6.07, 6.45) is 2.63. The van der Waals surface area contributed by atoms with Crippen LogP contribution in [-0.2, 0) is 0 Å². The van der Waals surface area contributed by atoms with Gasteiger partial charge in [0, 0.05) is 24.3 Å². The van der Waals surface area contributed by atoms with Crippen molar-refractivity contribution in [2.75, 3.05) is 18.4 Å². The topological polar surface area (TPSA) is 93.2 Å². The molecular formula is C20H17Cl2N5O2. The number of carbonyl (C=O) groups excluding carboxylic acids is 2. The predicted octanol–water partition coefficient (Wildman–Crippen LogP) is 3.87. The van der Waals surface area contributed by atoms with E-state index in [0.717, 1.165) is 19.5 Å². The molecule has 0 spiro atoms. The van der Waals surface area contributed by atoms with Crippen LogP contribution in [-0.4, -0.2) is 39.6 Å². The van der Waals surface area contributed by atoms with Gasteiger partial charge in [-0.1, -0.05) is 29.3 Å². The predicted molar refractivity (Wildman–Crippen MR) is 112 cm³/mol. The van der Waals surface area contributed by atoms with Crippen LogP contribution in [0.4, 0.5) is 11.4 Å². The van der Waals surface area contributed by atoms with Crippen molar-refractivity contribution in [3.05, 3.63) is 70.0 Å². The Morgan fingerprint density at radius 1 is 1.03 bits per heavy atom. The quantitative estimate of drug-likeness (QED) is 0.643. The second-order valence-corrected chi connectivity index (χ2v) is 7.43. The van der Waals surface area contributed by atoms with E-state index in [1.54, 1.807) is 53.6 Å². The zero-order valence-electron chi connectivity index (χ0n) is 15.2. The van der Waals surface area contributed by atoms with Crippen molar-refractivity contribution in [1.29, 1.82) is 0 Å². The number of amides is 2. The zero-order chi connectivity index (χ0) is 20.5. The maximum atomic E-state index is 12.3. The summed E-state index contributed by atoms with van der Waals surface area (Å²) in [5.41, 5.74) is 7.66. The molecule has 0 aliphatic carbocycles. The van der Waals surface area contributed by atoms with Gasteiger partial charge in [0.1, 0.15) is 5.69 Å². The summed E-state index contributed by atoms with van der Waals surface area (Å²) in [5, 5.41) is 8.12. The molecule has 0 saturated carbocycles. The Morgan fingerprint density at radius 2 is 1.69 bits per heavy atom. The van der Waals surface area contributed by atoms with Gasteiger partial charge >= 0.3 is 0 Å². The van der Waals surface area contributed by atoms with Gasteiger partial charge in [-0.05, 0) is 42.8 Å². The number of nitrogens with one attached hydrogen (secondary N) is 1. The normalized spacial score (nSPS) is 13.1. The standard InChI is InChI=1S/C20H17Cl2N5O2/c21-14-3-1-4-15(22)18(14)27-11-16(17(25-27)19(23)28)24-13-7-5-12(6-8-13)20(29)26-9-2-10-26/h1,3-8,11,24H,2,9-10H2,(H2,23,28). The van der Waals surface area contributed by atoms with Crippen LogP contribution < -0.4 is 11.1 Å². The fourth-order valence-electron chi connectivity index (χ4n) is 3.02. The first-order valence-electron chi connectivity index (χ1n) is 8.94. The third-order valence-electron chi connectivity index (χ3n) is 4.67. The lowest BCUT2D eigenvalue weighted by Crippen LogP contribution is -2.41. The summed E-state index contributed by atoms with van der Waals surface area (Å²) in [7, 11) is 0. The minimum atomic E-state index is -0.695. The van der Waals surface area contributed by atoms with Crippen LogP contribution in [0, 0.1) is 0 Å². The summed E-state index contributed by atoms with van der Waals surface area (Å²) in [4.78, 5) is 25.9. The molecule has 0 atom stereocenters. The van der Waals surface area contributed by atoms with Crippen LogP contribution in [0.25, 0.3) is 5.69 Å². The molecule has 2 heterocycles. The molecule has 4 rings (SSSR count). The highest BCUT2D eigenvalue weighted by Crippen LogP contribution is 2.30. The Kier molecular flexibility index (Phi) is 5.17. The fourth-order valence-corrected chi connectivity index (χ4v) is 3.59. The van der Waals surface area contributed by atoms with Crippen molar-refractivity contribution < 1.29 is 9.59 Å². The molecule has 1 aromatic heterocycles. The lowest BCUT2D eigenvalue weighted by atomic mass is 10.1. The monoisotopic (exact) mass is 429 g/mol. The minimum absolute atomic E-state index is 0.0156. The highest BCUT2D eigenvalue weighted by atomic mass is 35.5. The van der Waals surface area contributed by atoms with Crippen LogP contribution >= 0.6 is 23.2 Å². The van der Waals surface area contributed by atoms with E-state index in [9.17, 15) is 9.59 Å². The van der Waals surface area contributed by atoms with Crippen molar-refractivity contribution in [3.63, 3.8) is 0 Å². The largest absolute Gasteiger partial charge is 0.364 e. The van der Waals surface area contributed by atoms with Crippen molar-refractivity contribution in [3.8, 4) is 5.69 Å². The first kappa shape index (κ1) is 19.3. The Balaban J connectivity index is 1.62. The molecule has 1 fully saturated rings. The first-order chi connectivity index (χ1) is 13.9. The molecule has 3 N–H and O–H groups in total. The van der Waals surface area contributed by atoms with Gasteiger partial charge in [-0.15, -0.1) is 0 Å². The van der Waals surface area contributed by atoms with Gasteiger partial charge in [-0.25, -0.2) is 4.68 Å². The van der Waals surface area contributed by atoms with E-state index in [4.69, 9.17) is 28.9 Å². The first-order valence-corrected chi connectivity index (χ1v) is 9.70. The number of para-hydroxylation sites is 1.